The van der Waals surface area contributed by atoms with E-state index in [1.54, 1.807) is 13.8 Å². The molecule has 1 aromatic rings. The van der Waals surface area contributed by atoms with Gasteiger partial charge in [-0.3, -0.25) is 14.4 Å². The highest BCUT2D eigenvalue weighted by atomic mass is 32.1. The lowest BCUT2D eigenvalue weighted by Gasteiger charge is -2.27. The van der Waals surface area contributed by atoms with E-state index in [2.05, 4.69) is 5.32 Å². The van der Waals surface area contributed by atoms with E-state index < -0.39 is 35.6 Å². The Kier molecular flexibility index (Phi) is 6.36. The predicted octanol–water partition coefficient (Wildman–Crippen LogP) is 2.16. The lowest BCUT2D eigenvalue weighted by molar-refractivity contribution is -0.147. The van der Waals surface area contributed by atoms with Crippen LogP contribution >= 0.6 is 11.3 Å². The van der Waals surface area contributed by atoms with Crippen LogP contribution < -0.4 is 11.1 Å². The minimum Gasteiger partial charge on any atom is -0.481 e. The van der Waals surface area contributed by atoms with Gasteiger partial charge in [0, 0.05) is 0 Å². The molecule has 0 spiro atoms. The molecule has 2 amide bonds. The number of hydrogen-bond acceptors (Lipinski definition) is 6. The van der Waals surface area contributed by atoms with Gasteiger partial charge in [0.1, 0.15) is 5.00 Å². The van der Waals surface area contributed by atoms with E-state index in [1.807, 2.05) is 0 Å². The molecule has 142 valence electrons. The Balaban J connectivity index is 2.33. The summed E-state index contributed by atoms with van der Waals surface area (Å²) in [6, 6.07) is 0. The number of amides is 2. The maximum absolute atomic E-state index is 12.7. The molecule has 0 aromatic carbocycles. The summed E-state index contributed by atoms with van der Waals surface area (Å²) in [5, 5.41) is 12.1. The number of primary amides is 1. The first-order valence-electron chi connectivity index (χ1n) is 8.41. The van der Waals surface area contributed by atoms with Gasteiger partial charge < -0.3 is 20.9 Å². The summed E-state index contributed by atoms with van der Waals surface area (Å²) in [7, 11) is 0. The van der Waals surface area contributed by atoms with E-state index in [1.165, 1.54) is 0 Å². The van der Waals surface area contributed by atoms with E-state index in [9.17, 15) is 24.3 Å². The molecule has 2 atom stereocenters. The van der Waals surface area contributed by atoms with E-state index in [-0.39, 0.29) is 22.0 Å². The van der Waals surface area contributed by atoms with Crippen LogP contribution in [0.15, 0.2) is 0 Å². The van der Waals surface area contributed by atoms with Gasteiger partial charge in [0.15, 0.2) is 0 Å². The van der Waals surface area contributed by atoms with Crippen molar-refractivity contribution in [2.24, 2.45) is 17.6 Å². The number of rotatable bonds is 6. The van der Waals surface area contributed by atoms with Crippen LogP contribution in [-0.2, 0) is 14.3 Å². The molecule has 0 bridgehead atoms. The molecule has 0 aliphatic heterocycles. The number of carbonyl (C=O) groups is 4. The van der Waals surface area contributed by atoms with Gasteiger partial charge in [0.05, 0.1) is 28.9 Å². The van der Waals surface area contributed by atoms with Gasteiger partial charge in [-0.2, -0.15) is 0 Å². The van der Waals surface area contributed by atoms with Crippen LogP contribution in [0.4, 0.5) is 5.00 Å². The fraction of sp³-hybridized carbons (Fsp3) is 0.529. The zero-order chi connectivity index (χ0) is 19.4. The van der Waals surface area contributed by atoms with Crippen LogP contribution in [0.5, 0.6) is 0 Å². The third kappa shape index (κ3) is 4.04. The zero-order valence-electron chi connectivity index (χ0n) is 14.7. The molecule has 1 saturated carbocycles. The quantitative estimate of drug-likeness (QED) is 0.645. The summed E-state index contributed by atoms with van der Waals surface area (Å²) in [5.74, 6) is -4.29. The standard InChI is InChI=1S/C17H22N2O6S/c1-3-25-17(24)11-8(2)12(13(18)20)26-15(11)19-14(21)9-6-4-5-7-10(9)16(22)23/h9-10H,3-7H2,1-2H3,(H2,18,20)(H,19,21)(H,22,23)/t9-,10+/m0/s1. The van der Waals surface area contributed by atoms with E-state index in [0.29, 0.717) is 18.4 Å². The summed E-state index contributed by atoms with van der Waals surface area (Å²) in [6.45, 7) is 3.34. The maximum atomic E-state index is 12.7. The number of thiophene rings is 1. The van der Waals surface area contributed by atoms with Crippen molar-refractivity contribution < 1.29 is 29.0 Å². The molecule has 1 aliphatic carbocycles. The Hall–Kier alpha value is -2.42. The maximum Gasteiger partial charge on any atom is 0.341 e. The lowest BCUT2D eigenvalue weighted by Crippen LogP contribution is -2.36. The first kappa shape index (κ1) is 19.9. The Morgan fingerprint density at radius 2 is 1.85 bits per heavy atom. The van der Waals surface area contributed by atoms with Crippen LogP contribution in [-0.4, -0.2) is 35.5 Å². The molecule has 26 heavy (non-hydrogen) atoms. The second kappa shape index (κ2) is 8.31. The van der Waals surface area contributed by atoms with Crippen molar-refractivity contribution in [2.45, 2.75) is 39.5 Å². The summed E-state index contributed by atoms with van der Waals surface area (Å²) >= 11 is 0.896. The van der Waals surface area contributed by atoms with E-state index in [4.69, 9.17) is 10.5 Å². The molecular weight excluding hydrogens is 360 g/mol. The SMILES string of the molecule is CCOC(=O)c1c(NC(=O)[C@H]2CCCC[C@H]2C(=O)O)sc(C(N)=O)c1C. The topological polar surface area (TPSA) is 136 Å². The Labute approximate surface area is 154 Å². The van der Waals surface area contributed by atoms with Gasteiger partial charge in [-0.15, -0.1) is 11.3 Å². The Morgan fingerprint density at radius 3 is 2.38 bits per heavy atom. The van der Waals surface area contributed by atoms with Gasteiger partial charge in [-0.25, -0.2) is 4.79 Å². The molecule has 0 unspecified atom stereocenters. The van der Waals surface area contributed by atoms with E-state index >= 15 is 0 Å². The Morgan fingerprint density at radius 1 is 1.23 bits per heavy atom. The van der Waals surface area contributed by atoms with Gasteiger partial charge in [0.25, 0.3) is 5.91 Å². The number of carbonyl (C=O) groups excluding carboxylic acids is 3. The number of nitrogens with two attached hydrogens (primary N) is 1. The number of nitrogens with one attached hydrogen (secondary N) is 1. The summed E-state index contributed by atoms with van der Waals surface area (Å²) in [5.41, 5.74) is 5.76. The third-order valence-electron chi connectivity index (χ3n) is 4.51. The lowest BCUT2D eigenvalue weighted by atomic mass is 9.79. The molecule has 1 fully saturated rings. The molecule has 4 N–H and O–H groups in total. The average molecular weight is 382 g/mol. The average Bonchev–Trinajstić information content (AvgIpc) is 2.91. The zero-order valence-corrected chi connectivity index (χ0v) is 15.5. The molecule has 9 heteroatoms. The summed E-state index contributed by atoms with van der Waals surface area (Å²) in [4.78, 5) is 48.1. The normalized spacial score (nSPS) is 19.6. The largest absolute Gasteiger partial charge is 0.481 e. The fourth-order valence-corrected chi connectivity index (χ4v) is 4.28. The summed E-state index contributed by atoms with van der Waals surface area (Å²) in [6.07, 6.45) is 2.43. The van der Waals surface area contributed by atoms with Crippen LogP contribution in [0.2, 0.25) is 0 Å². The molecule has 1 heterocycles. The third-order valence-corrected chi connectivity index (χ3v) is 5.73. The highest BCUT2D eigenvalue weighted by Gasteiger charge is 2.37. The molecule has 1 aromatic heterocycles. The van der Waals surface area contributed by atoms with Crippen molar-refractivity contribution in [3.8, 4) is 0 Å². The van der Waals surface area contributed by atoms with Crippen molar-refractivity contribution in [1.29, 1.82) is 0 Å². The van der Waals surface area contributed by atoms with Crippen LogP contribution in [0, 0.1) is 18.8 Å². The van der Waals surface area contributed by atoms with Crippen molar-refractivity contribution >= 4 is 40.1 Å². The minimum atomic E-state index is -1.00. The van der Waals surface area contributed by atoms with Crippen molar-refractivity contribution in [1.82, 2.24) is 0 Å². The number of esters is 1. The molecule has 8 nitrogen and oxygen atoms in total. The number of ether oxygens (including phenoxy) is 1. The highest BCUT2D eigenvalue weighted by Crippen LogP contribution is 2.36. The number of carboxylic acids is 1. The number of anilines is 1. The fourth-order valence-electron chi connectivity index (χ4n) is 3.23. The number of hydrogen-bond donors (Lipinski definition) is 3. The second-order valence-electron chi connectivity index (χ2n) is 6.17. The van der Waals surface area contributed by atoms with Crippen LogP contribution in [0.1, 0.15) is 58.2 Å². The first-order valence-corrected chi connectivity index (χ1v) is 9.23. The Bertz CT molecular complexity index is 742. The smallest absolute Gasteiger partial charge is 0.341 e. The number of carboxylic acid groups (broad SMARTS) is 1. The molecule has 2 rings (SSSR count). The van der Waals surface area contributed by atoms with Gasteiger partial charge in [-0.1, -0.05) is 12.8 Å². The monoisotopic (exact) mass is 382 g/mol. The van der Waals surface area contributed by atoms with Gasteiger partial charge in [-0.05, 0) is 32.3 Å². The van der Waals surface area contributed by atoms with Crippen molar-refractivity contribution in [2.75, 3.05) is 11.9 Å². The second-order valence-corrected chi connectivity index (χ2v) is 7.19. The first-order chi connectivity index (χ1) is 12.3. The van der Waals surface area contributed by atoms with Crippen molar-refractivity contribution in [3.63, 3.8) is 0 Å². The molecular formula is C17H22N2O6S. The molecule has 0 radical (unpaired) electrons. The van der Waals surface area contributed by atoms with Crippen molar-refractivity contribution in [3.05, 3.63) is 16.0 Å². The minimum absolute atomic E-state index is 0.0849. The number of aliphatic carboxylic acids is 1. The van der Waals surface area contributed by atoms with Crippen LogP contribution in [0.3, 0.4) is 0 Å². The predicted molar refractivity (Wildman–Crippen MR) is 95.2 cm³/mol. The summed E-state index contributed by atoms with van der Waals surface area (Å²) < 4.78 is 5.00. The van der Waals surface area contributed by atoms with Gasteiger partial charge >= 0.3 is 11.9 Å². The van der Waals surface area contributed by atoms with Crippen LogP contribution in [0.25, 0.3) is 0 Å². The van der Waals surface area contributed by atoms with Gasteiger partial charge in [0.2, 0.25) is 5.91 Å². The molecule has 0 saturated heterocycles. The molecule has 1 aliphatic rings. The highest BCUT2D eigenvalue weighted by molar-refractivity contribution is 7.18. The van der Waals surface area contributed by atoms with E-state index in [0.717, 1.165) is 24.2 Å².